The van der Waals surface area contributed by atoms with Gasteiger partial charge in [0, 0.05) is 19.6 Å². The first-order valence-electron chi connectivity index (χ1n) is 6.34. The molecule has 0 bridgehead atoms. The number of hydrogen-bond donors (Lipinski definition) is 1. The lowest BCUT2D eigenvalue weighted by atomic mass is 10.2. The molecule has 1 aliphatic rings. The summed E-state index contributed by atoms with van der Waals surface area (Å²) in [5.74, 6) is 0. The first-order valence-corrected chi connectivity index (χ1v) is 6.34. The fourth-order valence-corrected chi connectivity index (χ4v) is 1.94. The summed E-state index contributed by atoms with van der Waals surface area (Å²) in [7, 11) is 6.45. The van der Waals surface area contributed by atoms with E-state index in [1.54, 1.807) is 0 Å². The Labute approximate surface area is 99.9 Å². The van der Waals surface area contributed by atoms with Gasteiger partial charge in [-0.2, -0.15) is 0 Å². The molecule has 1 atom stereocenters. The fourth-order valence-electron chi connectivity index (χ4n) is 1.94. The smallest absolute Gasteiger partial charge is 0.0712 e. The molecule has 0 radical (unpaired) electrons. The van der Waals surface area contributed by atoms with E-state index in [4.69, 9.17) is 4.74 Å². The Morgan fingerprint density at radius 3 is 2.62 bits per heavy atom. The van der Waals surface area contributed by atoms with Gasteiger partial charge in [-0.3, -0.25) is 0 Å². The van der Waals surface area contributed by atoms with Crippen molar-refractivity contribution in [2.24, 2.45) is 0 Å². The minimum atomic E-state index is 0.421. The van der Waals surface area contributed by atoms with Crippen LogP contribution in [0.4, 0.5) is 0 Å². The zero-order valence-corrected chi connectivity index (χ0v) is 11.0. The minimum Gasteiger partial charge on any atom is -0.376 e. The molecule has 4 heteroatoms. The molecule has 0 saturated carbocycles. The lowest BCUT2D eigenvalue weighted by Gasteiger charge is -2.26. The molecular weight excluding hydrogens is 202 g/mol. The molecule has 1 rings (SSSR count). The van der Waals surface area contributed by atoms with Crippen molar-refractivity contribution in [3.63, 3.8) is 0 Å². The van der Waals surface area contributed by atoms with Crippen LogP contribution in [0.3, 0.4) is 0 Å². The average Bonchev–Trinajstić information content (AvgIpc) is 2.27. The Morgan fingerprint density at radius 1 is 1.19 bits per heavy atom. The highest BCUT2D eigenvalue weighted by atomic mass is 16.5. The van der Waals surface area contributed by atoms with Gasteiger partial charge in [-0.1, -0.05) is 0 Å². The molecule has 1 unspecified atom stereocenters. The van der Waals surface area contributed by atoms with Crippen molar-refractivity contribution in [2.45, 2.75) is 18.9 Å². The van der Waals surface area contributed by atoms with Gasteiger partial charge in [-0.15, -0.1) is 0 Å². The number of hydrogen-bond acceptors (Lipinski definition) is 4. The molecule has 16 heavy (non-hydrogen) atoms. The fraction of sp³-hybridized carbons (Fsp3) is 1.00. The van der Waals surface area contributed by atoms with Crippen LogP contribution in [-0.2, 0) is 4.74 Å². The van der Waals surface area contributed by atoms with Crippen molar-refractivity contribution < 1.29 is 4.74 Å². The van der Waals surface area contributed by atoms with Gasteiger partial charge in [-0.05, 0) is 47.1 Å². The highest BCUT2D eigenvalue weighted by molar-refractivity contribution is 4.68. The first kappa shape index (κ1) is 13.9. The van der Waals surface area contributed by atoms with Crippen molar-refractivity contribution in [1.29, 1.82) is 0 Å². The molecule has 1 aliphatic heterocycles. The number of ether oxygens (including phenoxy) is 1. The molecule has 0 aromatic rings. The summed E-state index contributed by atoms with van der Waals surface area (Å²) in [6, 6.07) is 0. The Morgan fingerprint density at radius 2 is 2.00 bits per heavy atom. The van der Waals surface area contributed by atoms with Crippen LogP contribution in [0.15, 0.2) is 0 Å². The second-order valence-electron chi connectivity index (χ2n) is 4.95. The lowest BCUT2D eigenvalue weighted by Crippen LogP contribution is -2.40. The molecular formula is C12H27N3O. The predicted molar refractivity (Wildman–Crippen MR) is 67.9 cm³/mol. The standard InChI is InChI=1S/C12H27N3O/c1-14(2)7-4-8-15(3)9-5-12-11-13-6-10-16-12/h12-13H,4-11H2,1-3H3. The van der Waals surface area contributed by atoms with Gasteiger partial charge in [0.05, 0.1) is 12.7 Å². The summed E-state index contributed by atoms with van der Waals surface area (Å²) >= 11 is 0. The van der Waals surface area contributed by atoms with Crippen LogP contribution in [0.5, 0.6) is 0 Å². The molecule has 1 N–H and O–H groups in total. The van der Waals surface area contributed by atoms with E-state index >= 15 is 0 Å². The van der Waals surface area contributed by atoms with Crippen LogP contribution in [-0.4, -0.2) is 76.4 Å². The van der Waals surface area contributed by atoms with Crippen LogP contribution in [0.25, 0.3) is 0 Å². The molecule has 0 aromatic heterocycles. The monoisotopic (exact) mass is 229 g/mol. The maximum absolute atomic E-state index is 5.67. The third-order valence-electron chi connectivity index (χ3n) is 2.98. The van der Waals surface area contributed by atoms with Gasteiger partial charge >= 0.3 is 0 Å². The van der Waals surface area contributed by atoms with Crippen LogP contribution in [0.1, 0.15) is 12.8 Å². The summed E-state index contributed by atoms with van der Waals surface area (Å²) in [4.78, 5) is 4.64. The lowest BCUT2D eigenvalue weighted by molar-refractivity contribution is 0.0186. The second kappa shape index (κ2) is 8.01. The van der Waals surface area contributed by atoms with Crippen molar-refractivity contribution in [1.82, 2.24) is 15.1 Å². The highest BCUT2D eigenvalue weighted by Gasteiger charge is 2.13. The van der Waals surface area contributed by atoms with Gasteiger partial charge in [0.25, 0.3) is 0 Å². The zero-order valence-electron chi connectivity index (χ0n) is 11.0. The quantitative estimate of drug-likeness (QED) is 0.677. The van der Waals surface area contributed by atoms with Crippen molar-refractivity contribution in [3.05, 3.63) is 0 Å². The van der Waals surface area contributed by atoms with E-state index in [2.05, 4.69) is 36.3 Å². The average molecular weight is 229 g/mol. The van der Waals surface area contributed by atoms with E-state index in [-0.39, 0.29) is 0 Å². The molecule has 1 fully saturated rings. The van der Waals surface area contributed by atoms with Gasteiger partial charge in [0.1, 0.15) is 0 Å². The van der Waals surface area contributed by atoms with Gasteiger partial charge in [0.2, 0.25) is 0 Å². The van der Waals surface area contributed by atoms with E-state index in [9.17, 15) is 0 Å². The van der Waals surface area contributed by atoms with Gasteiger partial charge < -0.3 is 19.9 Å². The van der Waals surface area contributed by atoms with E-state index < -0.39 is 0 Å². The van der Waals surface area contributed by atoms with Gasteiger partial charge in [0.15, 0.2) is 0 Å². The molecule has 4 nitrogen and oxygen atoms in total. The number of morpholine rings is 1. The molecule has 0 amide bonds. The Balaban J connectivity index is 1.98. The Kier molecular flexibility index (Phi) is 6.96. The van der Waals surface area contributed by atoms with Crippen molar-refractivity contribution in [3.8, 4) is 0 Å². The van der Waals surface area contributed by atoms with Crippen molar-refractivity contribution >= 4 is 0 Å². The van der Waals surface area contributed by atoms with Crippen molar-refractivity contribution in [2.75, 3.05) is 60.5 Å². The number of nitrogens with one attached hydrogen (secondary N) is 1. The SMILES string of the molecule is CN(C)CCCN(C)CCC1CNCCO1. The normalized spacial score (nSPS) is 21.9. The maximum Gasteiger partial charge on any atom is 0.0712 e. The predicted octanol–water partition coefficient (Wildman–Crippen LogP) is 0.248. The third-order valence-corrected chi connectivity index (χ3v) is 2.98. The van der Waals surface area contributed by atoms with Gasteiger partial charge in [-0.25, -0.2) is 0 Å². The molecule has 0 aromatic carbocycles. The highest BCUT2D eigenvalue weighted by Crippen LogP contribution is 2.02. The zero-order chi connectivity index (χ0) is 11.8. The summed E-state index contributed by atoms with van der Waals surface area (Å²) in [5.41, 5.74) is 0. The topological polar surface area (TPSA) is 27.7 Å². The number of rotatable bonds is 7. The maximum atomic E-state index is 5.67. The van der Waals surface area contributed by atoms with E-state index in [0.717, 1.165) is 32.7 Å². The molecule has 1 heterocycles. The first-order chi connectivity index (χ1) is 7.68. The summed E-state index contributed by atoms with van der Waals surface area (Å²) in [6.07, 6.45) is 2.81. The summed E-state index contributed by atoms with van der Waals surface area (Å²) in [5, 5.41) is 3.37. The second-order valence-corrected chi connectivity index (χ2v) is 4.95. The molecule has 0 spiro atoms. The molecule has 0 aliphatic carbocycles. The van der Waals surface area contributed by atoms with E-state index in [0.29, 0.717) is 6.10 Å². The van der Waals surface area contributed by atoms with E-state index in [1.165, 1.54) is 19.5 Å². The summed E-state index contributed by atoms with van der Waals surface area (Å²) < 4.78 is 5.67. The largest absolute Gasteiger partial charge is 0.376 e. The number of nitrogens with zero attached hydrogens (tertiary/aromatic N) is 2. The van der Waals surface area contributed by atoms with Crippen LogP contribution >= 0.6 is 0 Å². The third kappa shape index (κ3) is 6.43. The Bertz CT molecular complexity index is 170. The van der Waals surface area contributed by atoms with E-state index in [1.807, 2.05) is 0 Å². The van der Waals surface area contributed by atoms with Crippen LogP contribution < -0.4 is 5.32 Å². The van der Waals surface area contributed by atoms with Crippen LogP contribution in [0, 0.1) is 0 Å². The van der Waals surface area contributed by atoms with Crippen LogP contribution in [0.2, 0.25) is 0 Å². The Hall–Kier alpha value is -0.160. The minimum absolute atomic E-state index is 0.421. The summed E-state index contributed by atoms with van der Waals surface area (Å²) in [6.45, 7) is 6.39. The molecule has 96 valence electrons. The molecule has 1 saturated heterocycles.